The third-order valence-corrected chi connectivity index (χ3v) is 16.9. The summed E-state index contributed by atoms with van der Waals surface area (Å²) in [6, 6.07) is 106. The normalized spacial score (nSPS) is 11.9. The minimum atomic E-state index is 0.844. The van der Waals surface area contributed by atoms with Crippen molar-refractivity contribution < 1.29 is 8.83 Å². The van der Waals surface area contributed by atoms with E-state index in [4.69, 9.17) is 8.83 Å². The van der Waals surface area contributed by atoms with Gasteiger partial charge >= 0.3 is 0 Å². The average molecular weight is 1050 g/mol. The molecular weight excluding hydrogens is 997 g/mol. The first-order valence-electron chi connectivity index (χ1n) is 28.1. The molecule has 0 aliphatic carbocycles. The third-order valence-electron chi connectivity index (χ3n) is 16.9. The van der Waals surface area contributed by atoms with Crippen LogP contribution in [0.3, 0.4) is 0 Å². The predicted octanol–water partition coefficient (Wildman–Crippen LogP) is 22.7. The van der Waals surface area contributed by atoms with Crippen LogP contribution in [0.2, 0.25) is 0 Å². The highest BCUT2D eigenvalue weighted by molar-refractivity contribution is 6.27. The Balaban J connectivity index is 1.01. The van der Waals surface area contributed by atoms with Crippen molar-refractivity contribution in [1.29, 1.82) is 0 Å². The van der Waals surface area contributed by atoms with Gasteiger partial charge in [-0.1, -0.05) is 206 Å². The quantitative estimate of drug-likeness (QED) is 0.142. The molecule has 0 amide bonds. The van der Waals surface area contributed by atoms with E-state index in [0.29, 0.717) is 0 Å². The number of furan rings is 2. The van der Waals surface area contributed by atoms with Crippen LogP contribution in [0.15, 0.2) is 300 Å². The van der Waals surface area contributed by atoms with Crippen molar-refractivity contribution in [3.8, 4) is 22.3 Å². The van der Waals surface area contributed by atoms with Crippen molar-refractivity contribution in [3.63, 3.8) is 0 Å². The largest absolute Gasteiger partial charge is 0.456 e. The molecule has 0 saturated carbocycles. The summed E-state index contributed by atoms with van der Waals surface area (Å²) in [5, 5.41) is 18.4. The van der Waals surface area contributed by atoms with Crippen LogP contribution in [-0.2, 0) is 0 Å². The van der Waals surface area contributed by atoms with Crippen molar-refractivity contribution in [2.75, 3.05) is 9.80 Å². The number of hydrogen-bond donors (Lipinski definition) is 0. The summed E-state index contributed by atoms with van der Waals surface area (Å²) in [7, 11) is 0. The topological polar surface area (TPSA) is 32.8 Å². The highest BCUT2D eigenvalue weighted by Gasteiger charge is 2.26. The minimum Gasteiger partial charge on any atom is -0.456 e. The molecule has 0 atom stereocenters. The number of hydrogen-bond acceptors (Lipinski definition) is 4. The van der Waals surface area contributed by atoms with Gasteiger partial charge in [0, 0.05) is 33.5 Å². The molecular formula is C78H48N2O2. The molecule has 0 radical (unpaired) electrons. The Labute approximate surface area is 472 Å². The molecule has 382 valence electrons. The Morgan fingerprint density at radius 2 is 0.549 bits per heavy atom. The molecule has 0 saturated heterocycles. The van der Waals surface area contributed by atoms with Gasteiger partial charge in [-0.05, 0) is 172 Å². The van der Waals surface area contributed by atoms with Crippen LogP contribution in [0.4, 0.5) is 34.1 Å². The number of fused-ring (bicyclic) bond motifs is 12. The van der Waals surface area contributed by atoms with E-state index in [-0.39, 0.29) is 0 Å². The zero-order valence-electron chi connectivity index (χ0n) is 44.4. The van der Waals surface area contributed by atoms with Gasteiger partial charge in [0.15, 0.2) is 0 Å². The van der Waals surface area contributed by atoms with Gasteiger partial charge < -0.3 is 18.6 Å². The van der Waals surface area contributed by atoms with Crippen LogP contribution >= 0.6 is 0 Å². The van der Waals surface area contributed by atoms with Crippen LogP contribution in [0.1, 0.15) is 0 Å². The lowest BCUT2D eigenvalue weighted by Crippen LogP contribution is -2.11. The zero-order chi connectivity index (χ0) is 53.8. The van der Waals surface area contributed by atoms with Crippen LogP contribution in [0.5, 0.6) is 0 Å². The maximum atomic E-state index is 6.62. The van der Waals surface area contributed by atoms with E-state index in [1.807, 2.05) is 12.1 Å². The van der Waals surface area contributed by atoms with E-state index < -0.39 is 0 Å². The van der Waals surface area contributed by atoms with Gasteiger partial charge in [0.25, 0.3) is 0 Å². The monoisotopic (exact) mass is 1040 g/mol. The van der Waals surface area contributed by atoms with Gasteiger partial charge in [0.2, 0.25) is 0 Å². The Hall–Kier alpha value is -10.9. The number of rotatable bonds is 8. The van der Waals surface area contributed by atoms with Crippen molar-refractivity contribution in [3.05, 3.63) is 291 Å². The van der Waals surface area contributed by atoms with Crippen molar-refractivity contribution in [2.45, 2.75) is 0 Å². The average Bonchev–Trinajstić information content (AvgIpc) is 2.75. The third kappa shape index (κ3) is 7.18. The van der Waals surface area contributed by atoms with Gasteiger partial charge in [-0.15, -0.1) is 0 Å². The molecule has 15 aromatic carbocycles. The summed E-state index contributed by atoms with van der Waals surface area (Å²) in [6.07, 6.45) is 0. The van der Waals surface area contributed by atoms with Crippen LogP contribution in [0, 0.1) is 0 Å². The fourth-order valence-corrected chi connectivity index (χ4v) is 13.3. The second kappa shape index (κ2) is 18.3. The summed E-state index contributed by atoms with van der Waals surface area (Å²) < 4.78 is 13.2. The maximum Gasteiger partial charge on any atom is 0.137 e. The lowest BCUT2D eigenvalue weighted by molar-refractivity contribution is 0.668. The van der Waals surface area contributed by atoms with E-state index in [2.05, 4.69) is 289 Å². The summed E-state index contributed by atoms with van der Waals surface area (Å²) in [5.74, 6) is 0. The smallest absolute Gasteiger partial charge is 0.137 e. The molecule has 0 bridgehead atoms. The van der Waals surface area contributed by atoms with Crippen LogP contribution in [0.25, 0.3) is 131 Å². The summed E-state index contributed by atoms with van der Waals surface area (Å²) in [5.41, 5.74) is 14.3. The van der Waals surface area contributed by atoms with Crippen LogP contribution < -0.4 is 9.80 Å². The Bertz CT molecular complexity index is 5100. The van der Waals surface area contributed by atoms with Gasteiger partial charge in [0.1, 0.15) is 22.3 Å². The van der Waals surface area contributed by atoms with Gasteiger partial charge in [0.05, 0.1) is 22.1 Å². The highest BCUT2D eigenvalue weighted by atomic mass is 16.3. The Morgan fingerprint density at radius 3 is 1.01 bits per heavy atom. The maximum absolute atomic E-state index is 6.62. The molecule has 17 aromatic rings. The Kier molecular flexibility index (Phi) is 10.3. The summed E-state index contributed by atoms with van der Waals surface area (Å²) in [4.78, 5) is 4.88. The lowest BCUT2D eigenvalue weighted by Gasteiger charge is -2.29. The molecule has 0 aliphatic rings. The Morgan fingerprint density at radius 1 is 0.207 bits per heavy atom. The molecule has 4 heteroatoms. The van der Waals surface area contributed by atoms with E-state index in [0.717, 1.165) is 99.5 Å². The van der Waals surface area contributed by atoms with Gasteiger partial charge in [-0.3, -0.25) is 0 Å². The molecule has 0 unspecified atom stereocenters. The highest BCUT2D eigenvalue weighted by Crippen LogP contribution is 2.52. The second-order valence-electron chi connectivity index (χ2n) is 21.5. The lowest BCUT2D eigenvalue weighted by atomic mass is 9.83. The first-order chi connectivity index (χ1) is 40.7. The fraction of sp³-hybridized carbons (Fsp3) is 0. The van der Waals surface area contributed by atoms with Gasteiger partial charge in [-0.25, -0.2) is 0 Å². The van der Waals surface area contributed by atoms with Crippen molar-refractivity contribution in [1.82, 2.24) is 0 Å². The standard InChI is InChI=1S/C78H48N2O2/c1-3-21-53-45-55(39-37-49(53)17-1)79(69-31-15-35-73-77(69)65-27-9-11-33-71(65)81-73)57-41-43-63-67(47-57)75(61-29-13-23-51-19-5-7-25-59(51)61)64-44-42-58(48-68(64)76(63)62-30-14-24-52-20-6-8-26-60(52)62)80(56-40-38-50-18-2-4-22-54(50)46-56)70-32-16-36-74-78(70)66-28-10-12-34-72(66)82-74/h1-48H. The van der Waals surface area contributed by atoms with Gasteiger partial charge in [-0.2, -0.15) is 0 Å². The first kappa shape index (κ1) is 46.0. The minimum absolute atomic E-state index is 0.844. The predicted molar refractivity (Wildman–Crippen MR) is 346 cm³/mol. The molecule has 2 heterocycles. The van der Waals surface area contributed by atoms with E-state index in [1.165, 1.54) is 65.3 Å². The summed E-state index contributed by atoms with van der Waals surface area (Å²) >= 11 is 0. The summed E-state index contributed by atoms with van der Waals surface area (Å²) in [6.45, 7) is 0. The van der Waals surface area contributed by atoms with Crippen molar-refractivity contribution in [2.24, 2.45) is 0 Å². The zero-order valence-corrected chi connectivity index (χ0v) is 44.4. The van der Waals surface area contributed by atoms with Crippen LogP contribution in [-0.4, -0.2) is 0 Å². The first-order valence-corrected chi connectivity index (χ1v) is 28.1. The molecule has 82 heavy (non-hydrogen) atoms. The number of nitrogens with zero attached hydrogens (tertiary/aromatic N) is 2. The number of anilines is 6. The molecule has 17 rings (SSSR count). The number of para-hydroxylation sites is 2. The molecule has 0 aliphatic heterocycles. The molecule has 0 N–H and O–H groups in total. The molecule has 0 spiro atoms. The van der Waals surface area contributed by atoms with E-state index in [1.54, 1.807) is 0 Å². The van der Waals surface area contributed by atoms with Crippen molar-refractivity contribution >= 4 is 143 Å². The molecule has 4 nitrogen and oxygen atoms in total. The molecule has 2 aromatic heterocycles. The second-order valence-corrected chi connectivity index (χ2v) is 21.5. The van der Waals surface area contributed by atoms with E-state index in [9.17, 15) is 0 Å². The van der Waals surface area contributed by atoms with E-state index >= 15 is 0 Å². The molecule has 0 fully saturated rings. The fourth-order valence-electron chi connectivity index (χ4n) is 13.3. The number of benzene rings is 15. The SMILES string of the molecule is c1ccc2cc(N(c3ccc4c(-c5cccc6ccccc56)c5cc(N(c6ccc7ccccc7c6)c6cccc7oc8ccccc8c67)ccc5c(-c5cccc6ccccc56)c4c3)c3cccc4oc5ccccc5c34)ccc2c1.